The molecule has 3 N–H and O–H groups in total. The number of hydrogen-bond donors (Lipinski definition) is 3. The van der Waals surface area contributed by atoms with Crippen LogP contribution in [0.4, 0.5) is 23.7 Å². The number of halogens is 3. The van der Waals surface area contributed by atoms with E-state index in [1.165, 1.54) is 24.3 Å². The molecule has 0 aromatic heterocycles. The van der Waals surface area contributed by atoms with Crippen LogP contribution < -0.4 is 10.6 Å². The van der Waals surface area contributed by atoms with Crippen LogP contribution in [-0.4, -0.2) is 29.3 Å². The Morgan fingerprint density at radius 2 is 2.05 bits per heavy atom. The number of rotatable bonds is 6. The first-order valence-electron chi connectivity index (χ1n) is 6.39. The van der Waals surface area contributed by atoms with Crippen LogP contribution in [0.2, 0.25) is 0 Å². The molecule has 1 aromatic carbocycles. The highest BCUT2D eigenvalue weighted by molar-refractivity contribution is 8.00. The molecule has 0 radical (unpaired) electrons. The van der Waals surface area contributed by atoms with Crippen molar-refractivity contribution >= 4 is 23.5 Å². The van der Waals surface area contributed by atoms with Gasteiger partial charge in [0.25, 0.3) is 0 Å². The number of thioether (sulfide) groups is 1. The molecule has 0 aliphatic carbocycles. The van der Waals surface area contributed by atoms with E-state index >= 15 is 0 Å². The van der Waals surface area contributed by atoms with Crippen LogP contribution in [0.5, 0.6) is 0 Å². The molecule has 1 unspecified atom stereocenters. The summed E-state index contributed by atoms with van der Waals surface area (Å²) in [6.45, 7) is 2.06. The quantitative estimate of drug-likeness (QED) is 0.702. The number of urea groups is 1. The molecular formula is C13H17F3N2O2S. The Morgan fingerprint density at radius 3 is 2.67 bits per heavy atom. The van der Waals surface area contributed by atoms with Crippen molar-refractivity contribution in [2.24, 2.45) is 0 Å². The van der Waals surface area contributed by atoms with Crippen molar-refractivity contribution in [1.82, 2.24) is 5.32 Å². The zero-order chi connectivity index (χ0) is 15.9. The van der Waals surface area contributed by atoms with Crippen LogP contribution in [0.1, 0.15) is 19.8 Å². The van der Waals surface area contributed by atoms with Crippen molar-refractivity contribution < 1.29 is 23.1 Å². The van der Waals surface area contributed by atoms with E-state index in [0.29, 0.717) is 12.8 Å². The van der Waals surface area contributed by atoms with E-state index in [9.17, 15) is 23.1 Å². The number of carbonyl (C=O) groups excluding carboxylic acids is 1. The Balaban J connectivity index is 2.56. The highest BCUT2D eigenvalue weighted by atomic mass is 32.2. The third kappa shape index (κ3) is 7.24. The van der Waals surface area contributed by atoms with Gasteiger partial charge in [0.1, 0.15) is 0 Å². The highest BCUT2D eigenvalue weighted by Crippen LogP contribution is 2.40. The molecule has 0 saturated heterocycles. The van der Waals surface area contributed by atoms with Crippen molar-refractivity contribution in [2.45, 2.75) is 36.3 Å². The number of hydrogen-bond acceptors (Lipinski definition) is 3. The lowest BCUT2D eigenvalue weighted by Crippen LogP contribution is -2.31. The van der Waals surface area contributed by atoms with E-state index < -0.39 is 17.6 Å². The zero-order valence-corrected chi connectivity index (χ0v) is 12.2. The number of aliphatic hydroxyl groups is 1. The third-order valence-corrected chi connectivity index (χ3v) is 3.40. The molecule has 0 bridgehead atoms. The van der Waals surface area contributed by atoms with E-state index in [4.69, 9.17) is 0 Å². The van der Waals surface area contributed by atoms with Gasteiger partial charge in [0.05, 0.1) is 11.8 Å². The molecule has 0 saturated carbocycles. The number of carbonyl (C=O) groups is 1. The van der Waals surface area contributed by atoms with Crippen LogP contribution in [0, 0.1) is 0 Å². The molecule has 2 amide bonds. The van der Waals surface area contributed by atoms with E-state index in [1.807, 2.05) is 6.92 Å². The summed E-state index contributed by atoms with van der Waals surface area (Å²) in [7, 11) is 0. The molecule has 0 spiro atoms. The Hall–Kier alpha value is -1.41. The zero-order valence-electron chi connectivity index (χ0n) is 11.4. The van der Waals surface area contributed by atoms with Gasteiger partial charge >= 0.3 is 11.5 Å². The smallest absolute Gasteiger partial charge is 0.393 e. The third-order valence-electron chi connectivity index (χ3n) is 2.60. The van der Waals surface area contributed by atoms with Gasteiger partial charge in [-0.25, -0.2) is 4.79 Å². The monoisotopic (exact) mass is 322 g/mol. The molecule has 1 atom stereocenters. The molecule has 4 nitrogen and oxygen atoms in total. The van der Waals surface area contributed by atoms with Gasteiger partial charge in [-0.1, -0.05) is 19.1 Å². The lowest BCUT2D eigenvalue weighted by atomic mass is 10.2. The summed E-state index contributed by atoms with van der Waals surface area (Å²) in [6, 6.07) is 5.09. The highest BCUT2D eigenvalue weighted by Gasteiger charge is 2.30. The van der Waals surface area contributed by atoms with Gasteiger partial charge in [0.15, 0.2) is 0 Å². The van der Waals surface area contributed by atoms with Gasteiger partial charge < -0.3 is 15.7 Å². The van der Waals surface area contributed by atoms with Crippen LogP contribution in [0.3, 0.4) is 0 Å². The maximum atomic E-state index is 12.4. The minimum absolute atomic E-state index is 0.0752. The standard InChI is InChI=1S/C13H17F3N2O2S/c1-2-9(19)7-8-17-12(20)18-10-5-3-4-6-11(10)21-13(14,15)16/h3-6,9,19H,2,7-8H2,1H3,(H2,17,18,20). The summed E-state index contributed by atoms with van der Waals surface area (Å²) in [5, 5.41) is 14.2. The first-order valence-corrected chi connectivity index (χ1v) is 7.21. The molecule has 1 rings (SSSR count). The predicted octanol–water partition coefficient (Wildman–Crippen LogP) is 3.58. The minimum atomic E-state index is -4.42. The average Bonchev–Trinajstić information content (AvgIpc) is 2.39. The summed E-state index contributed by atoms with van der Waals surface area (Å²) in [4.78, 5) is 11.5. The summed E-state index contributed by atoms with van der Waals surface area (Å²) in [5.41, 5.74) is -4.33. The number of alkyl halides is 3. The summed E-state index contributed by atoms with van der Waals surface area (Å²) >= 11 is -0.281. The molecule has 118 valence electrons. The predicted molar refractivity (Wildman–Crippen MR) is 76.3 cm³/mol. The maximum Gasteiger partial charge on any atom is 0.446 e. The van der Waals surface area contributed by atoms with Gasteiger partial charge in [-0.3, -0.25) is 0 Å². The fraction of sp³-hybridized carbons (Fsp3) is 0.462. The first kappa shape index (κ1) is 17.6. The van der Waals surface area contributed by atoms with E-state index in [0.717, 1.165) is 0 Å². The molecule has 1 aromatic rings. The lowest BCUT2D eigenvalue weighted by Gasteiger charge is -2.13. The van der Waals surface area contributed by atoms with E-state index in [1.54, 1.807) is 0 Å². The fourth-order valence-electron chi connectivity index (χ4n) is 1.51. The summed E-state index contributed by atoms with van der Waals surface area (Å²) in [5.74, 6) is 0. The van der Waals surface area contributed by atoms with Crippen LogP contribution in [0.25, 0.3) is 0 Å². The second kappa shape index (κ2) is 8.14. The molecule has 0 fully saturated rings. The summed E-state index contributed by atoms with van der Waals surface area (Å²) in [6.07, 6.45) is 0.468. The second-order valence-corrected chi connectivity index (χ2v) is 5.38. The largest absolute Gasteiger partial charge is 0.446 e. The van der Waals surface area contributed by atoms with Crippen molar-refractivity contribution in [1.29, 1.82) is 0 Å². The Kier molecular flexibility index (Phi) is 6.83. The van der Waals surface area contributed by atoms with E-state index in [-0.39, 0.29) is 28.9 Å². The topological polar surface area (TPSA) is 61.4 Å². The van der Waals surface area contributed by atoms with Crippen LogP contribution in [0.15, 0.2) is 29.2 Å². The van der Waals surface area contributed by atoms with Crippen molar-refractivity contribution in [3.05, 3.63) is 24.3 Å². The Labute approximate surface area is 125 Å². The molecule has 0 aliphatic rings. The Bertz CT molecular complexity index is 469. The number of para-hydroxylation sites is 1. The van der Waals surface area contributed by atoms with Crippen molar-refractivity contribution in [3.8, 4) is 0 Å². The number of benzene rings is 1. The summed E-state index contributed by atoms with van der Waals surface area (Å²) < 4.78 is 37.2. The first-order chi connectivity index (χ1) is 9.81. The number of anilines is 1. The van der Waals surface area contributed by atoms with Crippen molar-refractivity contribution in [2.75, 3.05) is 11.9 Å². The number of amides is 2. The van der Waals surface area contributed by atoms with Crippen molar-refractivity contribution in [3.63, 3.8) is 0 Å². The molecular weight excluding hydrogens is 305 g/mol. The van der Waals surface area contributed by atoms with Crippen LogP contribution >= 0.6 is 11.8 Å². The fourth-order valence-corrected chi connectivity index (χ4v) is 2.13. The van der Waals surface area contributed by atoms with E-state index in [2.05, 4.69) is 10.6 Å². The SMILES string of the molecule is CCC(O)CCNC(=O)Nc1ccccc1SC(F)(F)F. The minimum Gasteiger partial charge on any atom is -0.393 e. The molecule has 0 aliphatic heterocycles. The average molecular weight is 322 g/mol. The Morgan fingerprint density at radius 1 is 1.38 bits per heavy atom. The van der Waals surface area contributed by atoms with Gasteiger partial charge in [-0.05, 0) is 36.7 Å². The number of nitrogens with one attached hydrogen (secondary N) is 2. The molecule has 0 heterocycles. The van der Waals surface area contributed by atoms with Gasteiger partial charge in [0, 0.05) is 11.4 Å². The van der Waals surface area contributed by atoms with Gasteiger partial charge in [-0.15, -0.1) is 0 Å². The second-order valence-electron chi connectivity index (χ2n) is 4.28. The lowest BCUT2D eigenvalue weighted by molar-refractivity contribution is -0.0328. The van der Waals surface area contributed by atoms with Gasteiger partial charge in [0.2, 0.25) is 0 Å². The molecule has 8 heteroatoms. The van der Waals surface area contributed by atoms with Gasteiger partial charge in [-0.2, -0.15) is 13.2 Å². The molecule has 21 heavy (non-hydrogen) atoms. The van der Waals surface area contributed by atoms with Crippen LogP contribution in [-0.2, 0) is 0 Å². The maximum absolute atomic E-state index is 12.4. The normalized spacial score (nSPS) is 12.8. The number of aliphatic hydroxyl groups excluding tert-OH is 1.